The number of halogens is 4. The van der Waals surface area contributed by atoms with Gasteiger partial charge in [-0.1, -0.05) is 42.5 Å². The third kappa shape index (κ3) is 4.84. The van der Waals surface area contributed by atoms with Gasteiger partial charge in [0.2, 0.25) is 0 Å². The van der Waals surface area contributed by atoms with Crippen LogP contribution in [0, 0.1) is 5.92 Å². The molecule has 1 aliphatic carbocycles. The minimum absolute atomic E-state index is 0.0179. The maximum atomic E-state index is 15.2. The topological polar surface area (TPSA) is 55.8 Å². The fraction of sp³-hybridized carbons (Fsp3) is 0.632. The number of cyclic esters (lactones) is 1. The molecule has 0 unspecified atom stereocenters. The molecule has 1 aromatic carbocycles. The average molecular weight is 423 g/mol. The molecule has 2 atom stereocenters. The first-order valence-corrected chi connectivity index (χ1v) is 9.90. The fourth-order valence-electron chi connectivity index (χ4n) is 3.78. The van der Waals surface area contributed by atoms with Gasteiger partial charge in [-0.25, -0.2) is 8.78 Å². The van der Waals surface area contributed by atoms with E-state index in [0.717, 1.165) is 19.3 Å². The smallest absolute Gasteiger partial charge is 0.308 e. The molecule has 0 spiro atoms. The van der Waals surface area contributed by atoms with Crippen molar-refractivity contribution in [3.63, 3.8) is 0 Å². The van der Waals surface area contributed by atoms with Crippen LogP contribution in [-0.4, -0.2) is 29.9 Å². The van der Waals surface area contributed by atoms with Crippen LogP contribution >= 0.6 is 23.2 Å². The summed E-state index contributed by atoms with van der Waals surface area (Å²) in [4.78, 5) is 11.4. The van der Waals surface area contributed by atoms with E-state index >= 15 is 8.78 Å². The van der Waals surface area contributed by atoms with Gasteiger partial charge in [-0.05, 0) is 25.0 Å². The summed E-state index contributed by atoms with van der Waals surface area (Å²) < 4.78 is 41.1. The molecule has 2 fully saturated rings. The van der Waals surface area contributed by atoms with Crippen LogP contribution < -0.4 is 4.74 Å². The number of esters is 1. The zero-order valence-corrected chi connectivity index (χ0v) is 16.2. The van der Waals surface area contributed by atoms with E-state index in [0.29, 0.717) is 12.8 Å². The lowest BCUT2D eigenvalue weighted by Gasteiger charge is -2.32. The third-order valence-electron chi connectivity index (χ3n) is 5.13. The molecule has 27 heavy (non-hydrogen) atoms. The Morgan fingerprint density at radius 1 is 1.22 bits per heavy atom. The van der Waals surface area contributed by atoms with Gasteiger partial charge in [-0.3, -0.25) is 4.79 Å². The van der Waals surface area contributed by atoms with Crippen molar-refractivity contribution in [1.82, 2.24) is 0 Å². The first-order chi connectivity index (χ1) is 12.8. The second-order valence-corrected chi connectivity index (χ2v) is 8.08. The van der Waals surface area contributed by atoms with Crippen LogP contribution in [0.25, 0.3) is 0 Å². The van der Waals surface area contributed by atoms with Crippen molar-refractivity contribution in [1.29, 1.82) is 0 Å². The Morgan fingerprint density at radius 2 is 1.93 bits per heavy atom. The van der Waals surface area contributed by atoms with Gasteiger partial charge in [0.25, 0.3) is 5.92 Å². The van der Waals surface area contributed by atoms with Crippen molar-refractivity contribution in [2.45, 2.75) is 63.1 Å². The molecule has 3 rings (SSSR count). The molecule has 4 nitrogen and oxygen atoms in total. The highest BCUT2D eigenvalue weighted by molar-refractivity contribution is 6.35. The molecule has 1 aromatic rings. The van der Waals surface area contributed by atoms with Gasteiger partial charge in [0.1, 0.15) is 18.5 Å². The van der Waals surface area contributed by atoms with Crippen LogP contribution in [-0.2, 0) is 15.5 Å². The van der Waals surface area contributed by atoms with Crippen LogP contribution in [0.15, 0.2) is 12.1 Å². The predicted molar refractivity (Wildman–Crippen MR) is 97.5 cm³/mol. The van der Waals surface area contributed by atoms with E-state index in [9.17, 15) is 9.90 Å². The second-order valence-electron chi connectivity index (χ2n) is 7.24. The van der Waals surface area contributed by atoms with Gasteiger partial charge < -0.3 is 14.6 Å². The number of aliphatic hydroxyl groups excluding tert-OH is 1. The highest BCUT2D eigenvalue weighted by Crippen LogP contribution is 2.49. The molecule has 1 saturated carbocycles. The van der Waals surface area contributed by atoms with Crippen molar-refractivity contribution < 1.29 is 28.2 Å². The van der Waals surface area contributed by atoms with Crippen molar-refractivity contribution in [2.24, 2.45) is 5.92 Å². The number of hydrogen-bond acceptors (Lipinski definition) is 4. The molecule has 8 heteroatoms. The monoisotopic (exact) mass is 422 g/mol. The Morgan fingerprint density at radius 3 is 2.59 bits per heavy atom. The summed E-state index contributed by atoms with van der Waals surface area (Å²) in [5.41, 5.74) is -0.338. The molecule has 0 amide bonds. The minimum Gasteiger partial charge on any atom is -0.488 e. The summed E-state index contributed by atoms with van der Waals surface area (Å²) in [6.07, 6.45) is 1.91. The quantitative estimate of drug-likeness (QED) is 0.669. The molecule has 2 aliphatic rings. The lowest BCUT2D eigenvalue weighted by atomic mass is 9.81. The highest BCUT2D eigenvalue weighted by Gasteiger charge is 2.44. The first-order valence-electron chi connectivity index (χ1n) is 9.15. The molecular formula is C19H22Cl2F2O4. The van der Waals surface area contributed by atoms with Crippen molar-refractivity contribution in [2.75, 3.05) is 6.61 Å². The summed E-state index contributed by atoms with van der Waals surface area (Å²) in [6, 6.07) is 2.54. The standard InChI is InChI=1S/C19H22Cl2F2O4/c20-12-6-15(19(22,23)11-4-2-1-3-5-11)18(16(21)7-12)26-10-14-8-13(24)9-17(25)27-14/h6-7,11,13-14,24H,1-5,8-10H2/t13-,14+/m1/s1. The van der Waals surface area contributed by atoms with Gasteiger partial charge >= 0.3 is 5.97 Å². The Labute approximate surface area is 166 Å². The predicted octanol–water partition coefficient (Wildman–Crippen LogP) is 5.11. The van der Waals surface area contributed by atoms with E-state index in [4.69, 9.17) is 32.7 Å². The van der Waals surface area contributed by atoms with Crippen molar-refractivity contribution >= 4 is 29.2 Å². The average Bonchev–Trinajstić information content (AvgIpc) is 2.60. The van der Waals surface area contributed by atoms with E-state index in [1.807, 2.05) is 0 Å². The molecule has 1 aliphatic heterocycles. The molecule has 0 aromatic heterocycles. The minimum atomic E-state index is -3.13. The van der Waals surface area contributed by atoms with Gasteiger partial charge in [0.15, 0.2) is 0 Å². The number of rotatable bonds is 5. The first kappa shape index (κ1) is 20.6. The molecular weight excluding hydrogens is 401 g/mol. The van der Waals surface area contributed by atoms with E-state index in [-0.39, 0.29) is 40.8 Å². The highest BCUT2D eigenvalue weighted by atomic mass is 35.5. The molecule has 1 N–H and O–H groups in total. The Bertz CT molecular complexity index is 693. The molecule has 1 heterocycles. The lowest BCUT2D eigenvalue weighted by Crippen LogP contribution is -2.36. The lowest BCUT2D eigenvalue weighted by molar-refractivity contribution is -0.162. The fourth-order valence-corrected chi connectivity index (χ4v) is 4.33. The number of ether oxygens (including phenoxy) is 2. The van der Waals surface area contributed by atoms with Gasteiger partial charge in [0, 0.05) is 17.4 Å². The van der Waals surface area contributed by atoms with E-state index in [2.05, 4.69) is 0 Å². The number of carbonyl (C=O) groups is 1. The maximum Gasteiger partial charge on any atom is 0.308 e. The third-order valence-corrected chi connectivity index (χ3v) is 5.63. The molecule has 0 bridgehead atoms. The van der Waals surface area contributed by atoms with Crippen LogP contribution in [0.5, 0.6) is 5.75 Å². The van der Waals surface area contributed by atoms with Crippen LogP contribution in [0.3, 0.4) is 0 Å². The number of hydrogen-bond donors (Lipinski definition) is 1. The van der Waals surface area contributed by atoms with Crippen LogP contribution in [0.1, 0.15) is 50.5 Å². The Balaban J connectivity index is 1.83. The zero-order valence-electron chi connectivity index (χ0n) is 14.7. The summed E-state index contributed by atoms with van der Waals surface area (Å²) in [7, 11) is 0. The van der Waals surface area contributed by atoms with Crippen LogP contribution in [0.4, 0.5) is 8.78 Å². The summed E-state index contributed by atoms with van der Waals surface area (Å²) in [6.45, 7) is -0.169. The van der Waals surface area contributed by atoms with Gasteiger partial charge in [-0.15, -0.1) is 0 Å². The molecule has 150 valence electrons. The summed E-state index contributed by atoms with van der Waals surface area (Å²) in [5.74, 6) is -4.62. The van der Waals surface area contributed by atoms with E-state index in [1.54, 1.807) is 0 Å². The van der Waals surface area contributed by atoms with E-state index < -0.39 is 30.0 Å². The molecule has 1 saturated heterocycles. The normalized spacial score (nSPS) is 24.6. The second kappa shape index (κ2) is 8.50. The van der Waals surface area contributed by atoms with Gasteiger partial charge in [0.05, 0.1) is 23.1 Å². The summed E-state index contributed by atoms with van der Waals surface area (Å²) >= 11 is 12.1. The Kier molecular flexibility index (Phi) is 6.49. The number of alkyl halides is 2. The summed E-state index contributed by atoms with van der Waals surface area (Å²) in [5, 5.41) is 9.76. The van der Waals surface area contributed by atoms with Crippen molar-refractivity contribution in [3.8, 4) is 5.75 Å². The van der Waals surface area contributed by atoms with Gasteiger partial charge in [-0.2, -0.15) is 0 Å². The van der Waals surface area contributed by atoms with E-state index in [1.165, 1.54) is 12.1 Å². The van der Waals surface area contributed by atoms with Crippen LogP contribution in [0.2, 0.25) is 10.0 Å². The number of aliphatic hydroxyl groups is 1. The SMILES string of the molecule is O=C1C[C@H](O)C[C@@H](COc2c(Cl)cc(Cl)cc2C(F)(F)C2CCCCC2)O1. The number of benzene rings is 1. The maximum absolute atomic E-state index is 15.2. The van der Waals surface area contributed by atoms with Crippen molar-refractivity contribution in [3.05, 3.63) is 27.7 Å². The Hall–Kier alpha value is -1.11. The zero-order chi connectivity index (χ0) is 19.6. The largest absolute Gasteiger partial charge is 0.488 e. The molecule has 0 radical (unpaired) electrons. The number of carbonyl (C=O) groups excluding carboxylic acids is 1.